The Morgan fingerprint density at radius 2 is 2.00 bits per heavy atom. The number of carboxylic acid groups (broad SMARTS) is 1. The van der Waals surface area contributed by atoms with Crippen molar-refractivity contribution in [2.75, 3.05) is 0 Å². The van der Waals surface area contributed by atoms with Crippen LogP contribution in [0.1, 0.15) is 24.8 Å². The van der Waals surface area contributed by atoms with Gasteiger partial charge in [0.2, 0.25) is 0 Å². The fourth-order valence-electron chi connectivity index (χ4n) is 1.40. The number of aliphatic carboxylic acids is 1. The highest BCUT2D eigenvalue weighted by Crippen LogP contribution is 2.19. The van der Waals surface area contributed by atoms with Gasteiger partial charge in [-0.3, -0.25) is 4.79 Å². The molecule has 0 fully saturated rings. The molecular formula is C11H15NO2. The number of hydrogen-bond acceptors (Lipinski definition) is 2. The van der Waals surface area contributed by atoms with Gasteiger partial charge in [-0.2, -0.15) is 0 Å². The molecule has 3 nitrogen and oxygen atoms in total. The van der Waals surface area contributed by atoms with E-state index < -0.39 is 12.0 Å². The molecule has 76 valence electrons. The number of rotatable bonds is 4. The summed E-state index contributed by atoms with van der Waals surface area (Å²) < 4.78 is 0. The predicted octanol–water partition coefficient (Wildman–Crippen LogP) is 1.59. The van der Waals surface area contributed by atoms with E-state index in [0.29, 0.717) is 6.42 Å². The van der Waals surface area contributed by atoms with Gasteiger partial charge in [0.25, 0.3) is 0 Å². The summed E-state index contributed by atoms with van der Waals surface area (Å²) in [6.07, 6.45) is 0.472. The maximum atomic E-state index is 10.5. The molecule has 0 amide bonds. The summed E-state index contributed by atoms with van der Waals surface area (Å²) in [5.74, 6) is -0.755. The Morgan fingerprint density at radius 1 is 1.43 bits per heavy atom. The van der Waals surface area contributed by atoms with Gasteiger partial charge in [0.05, 0.1) is 0 Å². The van der Waals surface area contributed by atoms with Crippen molar-refractivity contribution < 1.29 is 9.90 Å². The molecule has 0 aliphatic carbocycles. The first kappa shape index (κ1) is 10.7. The molecule has 0 bridgehead atoms. The van der Waals surface area contributed by atoms with Crippen LogP contribution in [0.25, 0.3) is 0 Å². The van der Waals surface area contributed by atoms with Crippen molar-refractivity contribution in [1.82, 2.24) is 0 Å². The quantitative estimate of drug-likeness (QED) is 0.763. The van der Waals surface area contributed by atoms with E-state index in [1.54, 1.807) is 0 Å². The molecule has 3 N–H and O–H groups in total. The molecule has 1 aromatic carbocycles. The average molecular weight is 193 g/mol. The van der Waals surface area contributed by atoms with Crippen molar-refractivity contribution in [3.8, 4) is 0 Å². The molecule has 0 aromatic heterocycles. The summed E-state index contributed by atoms with van der Waals surface area (Å²) in [5, 5.41) is 8.65. The first-order valence-electron chi connectivity index (χ1n) is 4.64. The lowest BCUT2D eigenvalue weighted by Gasteiger charge is -2.14. The monoisotopic (exact) mass is 193 g/mol. The number of carbonyl (C=O) groups is 1. The van der Waals surface area contributed by atoms with Crippen LogP contribution in [0.15, 0.2) is 30.3 Å². The second-order valence-corrected chi connectivity index (χ2v) is 3.49. The van der Waals surface area contributed by atoms with Crippen molar-refractivity contribution >= 4 is 5.97 Å². The number of nitrogens with two attached hydrogens (primary N) is 1. The van der Waals surface area contributed by atoms with E-state index in [0.717, 1.165) is 5.56 Å². The molecule has 1 unspecified atom stereocenters. The Morgan fingerprint density at radius 3 is 2.50 bits per heavy atom. The summed E-state index contributed by atoms with van der Waals surface area (Å²) in [6.45, 7) is 1.98. The van der Waals surface area contributed by atoms with Gasteiger partial charge in [-0.1, -0.05) is 37.3 Å². The van der Waals surface area contributed by atoms with Crippen LogP contribution in [0.2, 0.25) is 0 Å². The van der Waals surface area contributed by atoms with Crippen LogP contribution >= 0.6 is 0 Å². The van der Waals surface area contributed by atoms with E-state index in [9.17, 15) is 4.79 Å². The molecule has 1 aromatic rings. The highest BCUT2D eigenvalue weighted by molar-refractivity contribution is 5.73. The molecule has 14 heavy (non-hydrogen) atoms. The highest BCUT2D eigenvalue weighted by atomic mass is 16.4. The van der Waals surface area contributed by atoms with Gasteiger partial charge in [-0.15, -0.1) is 0 Å². The number of carboxylic acids is 1. The lowest BCUT2D eigenvalue weighted by Crippen LogP contribution is -2.31. The average Bonchev–Trinajstić information content (AvgIpc) is 2.19. The second-order valence-electron chi connectivity index (χ2n) is 3.49. The minimum Gasteiger partial charge on any atom is -0.480 e. The van der Waals surface area contributed by atoms with E-state index in [1.807, 2.05) is 37.3 Å². The van der Waals surface area contributed by atoms with E-state index >= 15 is 0 Å². The molecule has 0 aliphatic rings. The predicted molar refractivity (Wildman–Crippen MR) is 55.1 cm³/mol. The van der Waals surface area contributed by atoms with Crippen LogP contribution in [0.5, 0.6) is 0 Å². The molecule has 0 heterocycles. The van der Waals surface area contributed by atoms with E-state index in [1.165, 1.54) is 0 Å². The zero-order valence-corrected chi connectivity index (χ0v) is 8.18. The Labute approximate surface area is 83.6 Å². The van der Waals surface area contributed by atoms with Crippen molar-refractivity contribution in [2.45, 2.75) is 25.3 Å². The third-order valence-corrected chi connectivity index (χ3v) is 2.29. The maximum absolute atomic E-state index is 10.5. The summed E-state index contributed by atoms with van der Waals surface area (Å²) >= 11 is 0. The van der Waals surface area contributed by atoms with Crippen LogP contribution in [-0.2, 0) is 4.79 Å². The van der Waals surface area contributed by atoms with Crippen molar-refractivity contribution in [2.24, 2.45) is 5.73 Å². The zero-order chi connectivity index (χ0) is 10.6. The van der Waals surface area contributed by atoms with Crippen LogP contribution in [0.4, 0.5) is 0 Å². The molecule has 0 saturated carbocycles. The van der Waals surface area contributed by atoms with Gasteiger partial charge >= 0.3 is 5.97 Å². The molecule has 0 radical (unpaired) electrons. The van der Waals surface area contributed by atoms with Gasteiger partial charge in [0, 0.05) is 0 Å². The molecule has 0 aliphatic heterocycles. The largest absolute Gasteiger partial charge is 0.480 e. The first-order valence-corrected chi connectivity index (χ1v) is 4.64. The van der Waals surface area contributed by atoms with Gasteiger partial charge in [0.15, 0.2) is 0 Å². The minimum absolute atomic E-state index is 0.183. The fourth-order valence-corrected chi connectivity index (χ4v) is 1.40. The van der Waals surface area contributed by atoms with Gasteiger partial charge < -0.3 is 10.8 Å². The lowest BCUT2D eigenvalue weighted by molar-refractivity contribution is -0.138. The van der Waals surface area contributed by atoms with Gasteiger partial charge in [0.1, 0.15) is 6.04 Å². The summed E-state index contributed by atoms with van der Waals surface area (Å²) in [5.41, 5.74) is 6.58. The third kappa shape index (κ3) is 2.85. The molecule has 2 atom stereocenters. The van der Waals surface area contributed by atoms with E-state index in [-0.39, 0.29) is 5.92 Å². The first-order chi connectivity index (χ1) is 6.61. The van der Waals surface area contributed by atoms with E-state index in [4.69, 9.17) is 10.8 Å². The normalized spacial score (nSPS) is 14.7. The van der Waals surface area contributed by atoms with Crippen LogP contribution < -0.4 is 5.73 Å². The third-order valence-electron chi connectivity index (χ3n) is 2.29. The van der Waals surface area contributed by atoms with Crippen molar-refractivity contribution in [3.05, 3.63) is 35.9 Å². The molecule has 3 heteroatoms. The summed E-state index contributed by atoms with van der Waals surface area (Å²) in [4.78, 5) is 10.5. The zero-order valence-electron chi connectivity index (χ0n) is 8.18. The van der Waals surface area contributed by atoms with Gasteiger partial charge in [-0.25, -0.2) is 0 Å². The minimum atomic E-state index is -0.937. The standard InChI is InChI=1S/C11H15NO2/c1-8(7-10(12)11(13)14)9-5-3-2-4-6-9/h2-6,8,10H,7,12H2,1H3,(H,13,14)/t8?,10-/m0/s1. The maximum Gasteiger partial charge on any atom is 0.320 e. The molecule has 0 spiro atoms. The number of hydrogen-bond donors (Lipinski definition) is 2. The van der Waals surface area contributed by atoms with Crippen LogP contribution in [0, 0.1) is 0 Å². The Kier molecular flexibility index (Phi) is 3.65. The number of benzene rings is 1. The van der Waals surface area contributed by atoms with Crippen LogP contribution in [0.3, 0.4) is 0 Å². The smallest absolute Gasteiger partial charge is 0.320 e. The Hall–Kier alpha value is -1.35. The Balaban J connectivity index is 2.59. The molecular weight excluding hydrogens is 178 g/mol. The topological polar surface area (TPSA) is 63.3 Å². The SMILES string of the molecule is CC(C[C@H](N)C(=O)O)c1ccccc1. The molecule has 1 rings (SSSR count). The highest BCUT2D eigenvalue weighted by Gasteiger charge is 2.16. The summed E-state index contributed by atoms with van der Waals surface area (Å²) in [7, 11) is 0. The summed E-state index contributed by atoms with van der Waals surface area (Å²) in [6, 6.07) is 9.02. The van der Waals surface area contributed by atoms with Crippen molar-refractivity contribution in [1.29, 1.82) is 0 Å². The van der Waals surface area contributed by atoms with E-state index in [2.05, 4.69) is 0 Å². The second kappa shape index (κ2) is 4.77. The van der Waals surface area contributed by atoms with Gasteiger partial charge in [-0.05, 0) is 17.9 Å². The lowest BCUT2D eigenvalue weighted by atomic mass is 9.94. The molecule has 0 saturated heterocycles. The Bertz CT molecular complexity index is 297. The van der Waals surface area contributed by atoms with Crippen molar-refractivity contribution in [3.63, 3.8) is 0 Å². The fraction of sp³-hybridized carbons (Fsp3) is 0.364. The van der Waals surface area contributed by atoms with Crippen LogP contribution in [-0.4, -0.2) is 17.1 Å².